The van der Waals surface area contributed by atoms with Crippen LogP contribution in [0.5, 0.6) is 0 Å². The Balaban J connectivity index is 1.55. The fourth-order valence-corrected chi connectivity index (χ4v) is 5.78. The molecule has 1 aromatic heterocycles. The number of halogens is 2. The highest BCUT2D eigenvalue weighted by Gasteiger charge is 2.42. The van der Waals surface area contributed by atoms with Gasteiger partial charge in [0.15, 0.2) is 0 Å². The van der Waals surface area contributed by atoms with Crippen molar-refractivity contribution in [2.75, 3.05) is 18.0 Å². The smallest absolute Gasteiger partial charge is 0.255 e. The third-order valence-corrected chi connectivity index (χ3v) is 8.11. The summed E-state index contributed by atoms with van der Waals surface area (Å²) in [6.07, 6.45) is 7.50. The third-order valence-electron chi connectivity index (χ3n) is 8.11. The zero-order valence-electron chi connectivity index (χ0n) is 21.5. The van der Waals surface area contributed by atoms with Crippen molar-refractivity contribution in [1.29, 1.82) is 0 Å². The molecule has 1 N–H and O–H groups in total. The molecule has 1 amide bonds. The van der Waals surface area contributed by atoms with Gasteiger partial charge < -0.3 is 10.2 Å². The Bertz CT molecular complexity index is 1230. The van der Waals surface area contributed by atoms with Gasteiger partial charge >= 0.3 is 0 Å². The molecular formula is C30H34F2N4O. The molecule has 1 unspecified atom stereocenters. The number of carbonyl (C=O) groups is 1. The van der Waals surface area contributed by atoms with E-state index < -0.39 is 5.41 Å². The molecule has 1 saturated heterocycles. The molecule has 37 heavy (non-hydrogen) atoms. The van der Waals surface area contributed by atoms with Crippen LogP contribution in [0.1, 0.15) is 85.6 Å². The van der Waals surface area contributed by atoms with E-state index in [1.807, 2.05) is 19.1 Å². The van der Waals surface area contributed by atoms with Crippen LogP contribution in [0.15, 0.2) is 54.7 Å². The average molecular weight is 505 g/mol. The van der Waals surface area contributed by atoms with Crippen LogP contribution in [-0.4, -0.2) is 29.0 Å². The first-order valence-corrected chi connectivity index (χ1v) is 13.3. The van der Waals surface area contributed by atoms with Crippen LogP contribution in [0.25, 0.3) is 0 Å². The zero-order chi connectivity index (χ0) is 26.0. The van der Waals surface area contributed by atoms with Crippen molar-refractivity contribution in [3.8, 4) is 0 Å². The van der Waals surface area contributed by atoms with Crippen LogP contribution in [0, 0.1) is 17.6 Å². The number of rotatable bonds is 6. The number of carbonyl (C=O) groups excluding carboxylic acids is 1. The molecule has 0 radical (unpaired) electrons. The molecule has 5 rings (SSSR count). The van der Waals surface area contributed by atoms with Gasteiger partial charge in [-0.25, -0.2) is 18.7 Å². The largest absolute Gasteiger partial charge is 0.345 e. The van der Waals surface area contributed by atoms with E-state index in [0.717, 1.165) is 62.7 Å². The van der Waals surface area contributed by atoms with E-state index in [9.17, 15) is 13.6 Å². The van der Waals surface area contributed by atoms with E-state index in [4.69, 9.17) is 4.98 Å². The topological polar surface area (TPSA) is 58.1 Å². The molecule has 5 nitrogen and oxygen atoms in total. The highest BCUT2D eigenvalue weighted by atomic mass is 19.1. The molecule has 1 saturated carbocycles. The number of nitrogens with one attached hydrogen (secondary N) is 1. The standard InChI is InChI=1S/C30H34F2N4O/c1-20-13-17-36(18-14-20)29-33-19-26(28(37)34-21(2)22-5-9-24(31)10-6-22)27(35-29)30(15-3-4-16-30)23-7-11-25(32)12-8-23/h5-12,19-21H,3-4,13-18H2,1-2H3,(H,34,37). The number of hydrogen-bond acceptors (Lipinski definition) is 4. The number of aromatic nitrogens is 2. The first-order chi connectivity index (χ1) is 17.9. The summed E-state index contributed by atoms with van der Waals surface area (Å²) in [4.78, 5) is 25.7. The second kappa shape index (κ2) is 10.6. The molecule has 2 fully saturated rings. The van der Waals surface area contributed by atoms with Crippen molar-refractivity contribution in [2.45, 2.75) is 63.8 Å². The van der Waals surface area contributed by atoms with E-state index >= 15 is 0 Å². The molecule has 2 heterocycles. The first-order valence-electron chi connectivity index (χ1n) is 13.3. The maximum absolute atomic E-state index is 13.9. The summed E-state index contributed by atoms with van der Waals surface area (Å²) in [5.74, 6) is 0.462. The van der Waals surface area contributed by atoms with Gasteiger partial charge in [0.2, 0.25) is 5.95 Å². The SMILES string of the molecule is CC1CCN(c2ncc(C(=O)NC(C)c3ccc(F)cc3)c(C3(c4ccc(F)cc4)CCCC3)n2)CC1. The number of benzene rings is 2. The van der Waals surface area contributed by atoms with Gasteiger partial charge in [-0.05, 0) is 73.9 Å². The van der Waals surface area contributed by atoms with Gasteiger partial charge in [0.1, 0.15) is 11.6 Å². The van der Waals surface area contributed by atoms with Crippen LogP contribution < -0.4 is 10.2 Å². The second-order valence-corrected chi connectivity index (χ2v) is 10.6. The molecule has 0 spiro atoms. The van der Waals surface area contributed by atoms with Crippen molar-refractivity contribution in [3.63, 3.8) is 0 Å². The minimum Gasteiger partial charge on any atom is -0.345 e. The molecule has 194 valence electrons. The Kier molecular flexibility index (Phi) is 7.22. The highest BCUT2D eigenvalue weighted by Crippen LogP contribution is 2.47. The Labute approximate surface area is 217 Å². The summed E-state index contributed by atoms with van der Waals surface area (Å²) in [6.45, 7) is 5.91. The quantitative estimate of drug-likeness (QED) is 0.425. The van der Waals surface area contributed by atoms with Crippen molar-refractivity contribution in [3.05, 3.63) is 88.7 Å². The lowest BCUT2D eigenvalue weighted by Gasteiger charge is -2.34. The number of hydrogen-bond donors (Lipinski definition) is 1. The van der Waals surface area contributed by atoms with Crippen LogP contribution in [-0.2, 0) is 5.41 Å². The Morgan fingerprint density at radius 1 is 1.00 bits per heavy atom. The fourth-order valence-electron chi connectivity index (χ4n) is 5.78. The maximum Gasteiger partial charge on any atom is 0.255 e. The van der Waals surface area contributed by atoms with Crippen molar-refractivity contribution in [1.82, 2.24) is 15.3 Å². The molecular weight excluding hydrogens is 470 g/mol. The van der Waals surface area contributed by atoms with Crippen LogP contribution >= 0.6 is 0 Å². The van der Waals surface area contributed by atoms with Crippen molar-refractivity contribution >= 4 is 11.9 Å². The Morgan fingerprint density at radius 2 is 1.59 bits per heavy atom. The van der Waals surface area contributed by atoms with Gasteiger partial charge in [-0.3, -0.25) is 4.79 Å². The normalized spacial score (nSPS) is 18.5. The van der Waals surface area contributed by atoms with E-state index in [1.54, 1.807) is 18.3 Å². The summed E-state index contributed by atoms with van der Waals surface area (Å²) in [5, 5.41) is 3.06. The van der Waals surface area contributed by atoms with Crippen molar-refractivity contribution in [2.24, 2.45) is 5.92 Å². The first kappa shape index (κ1) is 25.3. The predicted molar refractivity (Wildman–Crippen MR) is 141 cm³/mol. The summed E-state index contributed by atoms with van der Waals surface area (Å²) in [5.41, 5.74) is 2.45. The molecule has 1 aliphatic carbocycles. The van der Waals surface area contributed by atoms with E-state index in [-0.39, 0.29) is 23.6 Å². The maximum atomic E-state index is 13.9. The van der Waals surface area contributed by atoms with Gasteiger partial charge in [-0.15, -0.1) is 0 Å². The van der Waals surface area contributed by atoms with Crippen LogP contribution in [0.3, 0.4) is 0 Å². The van der Waals surface area contributed by atoms with Crippen LogP contribution in [0.2, 0.25) is 0 Å². The lowest BCUT2D eigenvalue weighted by atomic mass is 9.74. The van der Waals surface area contributed by atoms with E-state index in [1.165, 1.54) is 24.3 Å². The Morgan fingerprint density at radius 3 is 2.22 bits per heavy atom. The van der Waals surface area contributed by atoms with E-state index in [2.05, 4.69) is 22.1 Å². The summed E-state index contributed by atoms with van der Waals surface area (Å²) in [7, 11) is 0. The van der Waals surface area contributed by atoms with Crippen LogP contribution in [0.4, 0.5) is 14.7 Å². The number of anilines is 1. The lowest BCUT2D eigenvalue weighted by molar-refractivity contribution is 0.0936. The minimum atomic E-state index is -0.486. The molecule has 1 atom stereocenters. The minimum absolute atomic E-state index is 0.265. The predicted octanol–water partition coefficient (Wildman–Crippen LogP) is 6.34. The third kappa shape index (κ3) is 5.22. The lowest BCUT2D eigenvalue weighted by Crippen LogP contribution is -2.37. The number of piperidine rings is 1. The number of nitrogens with zero attached hydrogens (tertiary/aromatic N) is 3. The molecule has 2 aromatic carbocycles. The molecule has 2 aliphatic rings. The molecule has 1 aliphatic heterocycles. The zero-order valence-corrected chi connectivity index (χ0v) is 21.5. The average Bonchev–Trinajstić information content (AvgIpc) is 3.41. The van der Waals surface area contributed by atoms with Crippen molar-refractivity contribution < 1.29 is 13.6 Å². The van der Waals surface area contributed by atoms with Gasteiger partial charge in [-0.2, -0.15) is 0 Å². The second-order valence-electron chi connectivity index (χ2n) is 10.6. The van der Waals surface area contributed by atoms with Gasteiger partial charge in [0, 0.05) is 24.7 Å². The molecule has 3 aromatic rings. The summed E-state index contributed by atoms with van der Waals surface area (Å²) >= 11 is 0. The fraction of sp³-hybridized carbons (Fsp3) is 0.433. The number of amides is 1. The monoisotopic (exact) mass is 504 g/mol. The van der Waals surface area contributed by atoms with Gasteiger partial charge in [0.05, 0.1) is 17.3 Å². The summed E-state index contributed by atoms with van der Waals surface area (Å²) in [6, 6.07) is 12.4. The van der Waals surface area contributed by atoms with Gasteiger partial charge in [0.25, 0.3) is 5.91 Å². The molecule has 0 bridgehead atoms. The van der Waals surface area contributed by atoms with Gasteiger partial charge in [-0.1, -0.05) is 44.0 Å². The summed E-state index contributed by atoms with van der Waals surface area (Å²) < 4.78 is 27.3. The highest BCUT2D eigenvalue weighted by molar-refractivity contribution is 5.96. The van der Waals surface area contributed by atoms with E-state index in [0.29, 0.717) is 23.1 Å². The molecule has 7 heteroatoms. The Hall–Kier alpha value is -3.35.